The predicted molar refractivity (Wildman–Crippen MR) is 123 cm³/mol. The van der Waals surface area contributed by atoms with Crippen molar-refractivity contribution >= 4 is 11.6 Å². The van der Waals surface area contributed by atoms with Crippen LogP contribution in [0, 0.1) is 5.92 Å². The molecule has 154 valence electrons. The van der Waals surface area contributed by atoms with Gasteiger partial charge in [0.1, 0.15) is 5.75 Å². The van der Waals surface area contributed by atoms with Crippen LogP contribution in [0.4, 0.5) is 0 Å². The summed E-state index contributed by atoms with van der Waals surface area (Å²) in [5, 5.41) is 0.814. The van der Waals surface area contributed by atoms with Crippen LogP contribution in [0.3, 0.4) is 0 Å². The standard InChI is InChI=1S/C26H37ClO/c1-19(2)9-10-23(24-13-17-26(18-14-24)28-20(3)4)8-6-7-21(5)22-11-15-25(27)16-12-22/h11-21,23H,6-10H2,1-5H3. The molecule has 0 amide bonds. The molecule has 0 aliphatic carbocycles. The van der Waals surface area contributed by atoms with Gasteiger partial charge in [-0.25, -0.2) is 0 Å². The van der Waals surface area contributed by atoms with Gasteiger partial charge in [-0.1, -0.05) is 69.5 Å². The fourth-order valence-corrected chi connectivity index (χ4v) is 3.86. The summed E-state index contributed by atoms with van der Waals surface area (Å²) >= 11 is 6.02. The van der Waals surface area contributed by atoms with Crippen molar-refractivity contribution < 1.29 is 4.74 Å². The van der Waals surface area contributed by atoms with Crippen LogP contribution >= 0.6 is 11.6 Å². The van der Waals surface area contributed by atoms with Crippen LogP contribution in [-0.4, -0.2) is 6.10 Å². The lowest BCUT2D eigenvalue weighted by Crippen LogP contribution is -2.06. The van der Waals surface area contributed by atoms with Crippen LogP contribution in [0.1, 0.15) is 89.7 Å². The highest BCUT2D eigenvalue weighted by molar-refractivity contribution is 6.30. The van der Waals surface area contributed by atoms with E-state index in [-0.39, 0.29) is 6.10 Å². The Morgan fingerprint density at radius 2 is 1.32 bits per heavy atom. The Morgan fingerprint density at radius 3 is 1.89 bits per heavy atom. The molecule has 2 atom stereocenters. The van der Waals surface area contributed by atoms with E-state index < -0.39 is 0 Å². The largest absolute Gasteiger partial charge is 0.491 e. The van der Waals surface area contributed by atoms with Crippen molar-refractivity contribution in [3.8, 4) is 5.75 Å². The maximum atomic E-state index is 6.02. The van der Waals surface area contributed by atoms with Gasteiger partial charge < -0.3 is 4.74 Å². The molecule has 2 unspecified atom stereocenters. The number of halogens is 1. The Bertz CT molecular complexity index is 673. The van der Waals surface area contributed by atoms with Crippen LogP contribution in [0.5, 0.6) is 5.75 Å². The van der Waals surface area contributed by atoms with Gasteiger partial charge in [0, 0.05) is 5.02 Å². The lowest BCUT2D eigenvalue weighted by Gasteiger charge is -2.20. The second kappa shape index (κ2) is 11.5. The Morgan fingerprint density at radius 1 is 0.714 bits per heavy atom. The molecule has 2 aromatic rings. The third kappa shape index (κ3) is 7.87. The Labute approximate surface area is 177 Å². The van der Waals surface area contributed by atoms with Crippen molar-refractivity contribution in [2.45, 2.75) is 84.7 Å². The van der Waals surface area contributed by atoms with E-state index in [0.29, 0.717) is 11.8 Å². The average Bonchev–Trinajstić information content (AvgIpc) is 2.65. The van der Waals surface area contributed by atoms with Crippen LogP contribution in [0.15, 0.2) is 48.5 Å². The molecule has 0 aromatic heterocycles. The first-order valence-electron chi connectivity index (χ1n) is 10.9. The summed E-state index contributed by atoms with van der Waals surface area (Å²) in [6, 6.07) is 17.1. The molecule has 0 aliphatic heterocycles. The highest BCUT2D eigenvalue weighted by Gasteiger charge is 2.14. The van der Waals surface area contributed by atoms with Gasteiger partial charge in [0.15, 0.2) is 0 Å². The van der Waals surface area contributed by atoms with Gasteiger partial charge in [0.05, 0.1) is 6.10 Å². The van der Waals surface area contributed by atoms with E-state index in [1.165, 1.54) is 43.2 Å². The fourth-order valence-electron chi connectivity index (χ4n) is 3.73. The Hall–Kier alpha value is -1.47. The van der Waals surface area contributed by atoms with Gasteiger partial charge in [0.25, 0.3) is 0 Å². The zero-order valence-corrected chi connectivity index (χ0v) is 19.0. The summed E-state index contributed by atoms with van der Waals surface area (Å²) in [6.45, 7) is 11.1. The number of hydrogen-bond acceptors (Lipinski definition) is 1. The quantitative estimate of drug-likeness (QED) is 0.366. The first kappa shape index (κ1) is 22.8. The molecule has 2 heteroatoms. The highest BCUT2D eigenvalue weighted by Crippen LogP contribution is 2.32. The first-order chi connectivity index (χ1) is 13.3. The van der Waals surface area contributed by atoms with Crippen molar-refractivity contribution in [2.24, 2.45) is 5.92 Å². The second-order valence-electron chi connectivity index (χ2n) is 8.79. The maximum absolute atomic E-state index is 6.02. The molecule has 0 N–H and O–H groups in total. The van der Waals surface area contributed by atoms with Crippen molar-refractivity contribution in [1.29, 1.82) is 0 Å². The molecule has 0 saturated carbocycles. The third-order valence-electron chi connectivity index (χ3n) is 5.44. The van der Waals surface area contributed by atoms with Crippen LogP contribution in [0.2, 0.25) is 5.02 Å². The van der Waals surface area contributed by atoms with E-state index in [2.05, 4.69) is 71.0 Å². The number of benzene rings is 2. The summed E-state index contributed by atoms with van der Waals surface area (Å²) in [7, 11) is 0. The second-order valence-corrected chi connectivity index (χ2v) is 9.22. The van der Waals surface area contributed by atoms with E-state index in [9.17, 15) is 0 Å². The molecule has 0 aliphatic rings. The van der Waals surface area contributed by atoms with Crippen molar-refractivity contribution in [3.05, 3.63) is 64.7 Å². The van der Waals surface area contributed by atoms with Crippen molar-refractivity contribution in [3.63, 3.8) is 0 Å². The molecule has 2 rings (SSSR count). The molecule has 0 saturated heterocycles. The fraction of sp³-hybridized carbons (Fsp3) is 0.538. The normalized spacial score (nSPS) is 13.7. The highest BCUT2D eigenvalue weighted by atomic mass is 35.5. The van der Waals surface area contributed by atoms with E-state index in [1.54, 1.807) is 0 Å². The van der Waals surface area contributed by atoms with E-state index in [0.717, 1.165) is 16.7 Å². The van der Waals surface area contributed by atoms with E-state index in [4.69, 9.17) is 16.3 Å². The lowest BCUT2D eigenvalue weighted by molar-refractivity contribution is 0.242. The molecule has 0 radical (unpaired) electrons. The van der Waals surface area contributed by atoms with Gasteiger partial charge in [-0.2, -0.15) is 0 Å². The monoisotopic (exact) mass is 400 g/mol. The summed E-state index contributed by atoms with van der Waals surface area (Å²) in [4.78, 5) is 0. The molecule has 0 heterocycles. The van der Waals surface area contributed by atoms with Gasteiger partial charge >= 0.3 is 0 Å². The van der Waals surface area contributed by atoms with Gasteiger partial charge in [-0.05, 0) is 86.3 Å². The smallest absolute Gasteiger partial charge is 0.119 e. The SMILES string of the molecule is CC(C)CCC(CCCC(C)c1ccc(Cl)cc1)c1ccc(OC(C)C)cc1. The first-order valence-corrected chi connectivity index (χ1v) is 11.2. The van der Waals surface area contributed by atoms with Crippen LogP contribution in [0.25, 0.3) is 0 Å². The van der Waals surface area contributed by atoms with Gasteiger partial charge in [0.2, 0.25) is 0 Å². The molecular weight excluding hydrogens is 364 g/mol. The number of hydrogen-bond donors (Lipinski definition) is 0. The maximum Gasteiger partial charge on any atom is 0.119 e. The molecule has 0 fully saturated rings. The van der Waals surface area contributed by atoms with Crippen LogP contribution < -0.4 is 4.74 Å². The molecule has 0 bridgehead atoms. The minimum absolute atomic E-state index is 0.219. The van der Waals surface area contributed by atoms with E-state index in [1.807, 2.05) is 12.1 Å². The van der Waals surface area contributed by atoms with Gasteiger partial charge in [-0.15, -0.1) is 0 Å². The van der Waals surface area contributed by atoms with Crippen molar-refractivity contribution in [1.82, 2.24) is 0 Å². The number of rotatable bonds is 11. The molecular formula is C26H37ClO. The minimum Gasteiger partial charge on any atom is -0.491 e. The topological polar surface area (TPSA) is 9.23 Å². The third-order valence-corrected chi connectivity index (χ3v) is 5.70. The summed E-state index contributed by atoms with van der Waals surface area (Å²) < 4.78 is 5.81. The number of ether oxygens (including phenoxy) is 1. The summed E-state index contributed by atoms with van der Waals surface area (Å²) in [6.07, 6.45) is 6.47. The average molecular weight is 401 g/mol. The Balaban J connectivity index is 1.95. The molecule has 2 aromatic carbocycles. The summed E-state index contributed by atoms with van der Waals surface area (Å²) in [5.41, 5.74) is 2.84. The molecule has 1 nitrogen and oxygen atoms in total. The molecule has 0 spiro atoms. The zero-order valence-electron chi connectivity index (χ0n) is 18.2. The van der Waals surface area contributed by atoms with Crippen molar-refractivity contribution in [2.75, 3.05) is 0 Å². The zero-order chi connectivity index (χ0) is 20.5. The van der Waals surface area contributed by atoms with E-state index >= 15 is 0 Å². The van der Waals surface area contributed by atoms with Crippen LogP contribution in [-0.2, 0) is 0 Å². The predicted octanol–water partition coefficient (Wildman–Crippen LogP) is 8.62. The summed E-state index contributed by atoms with van der Waals surface area (Å²) in [5.74, 6) is 2.93. The Kier molecular flexibility index (Phi) is 9.38. The lowest BCUT2D eigenvalue weighted by atomic mass is 9.85. The van der Waals surface area contributed by atoms with Gasteiger partial charge in [-0.3, -0.25) is 0 Å². The molecule has 28 heavy (non-hydrogen) atoms. The minimum atomic E-state index is 0.219.